The highest BCUT2D eigenvalue weighted by molar-refractivity contribution is 9.10. The fourth-order valence-corrected chi connectivity index (χ4v) is 2.42. The number of ether oxygens (including phenoxy) is 1. The Morgan fingerprint density at radius 2 is 1.88 bits per heavy atom. The quantitative estimate of drug-likeness (QED) is 0.903. The van der Waals surface area contributed by atoms with Gasteiger partial charge in [-0.1, -0.05) is 15.9 Å². The van der Waals surface area contributed by atoms with Crippen LogP contribution in [0, 0.1) is 13.8 Å². The third-order valence-corrected chi connectivity index (χ3v) is 4.37. The van der Waals surface area contributed by atoms with Crippen LogP contribution in [0.15, 0.2) is 16.6 Å². The number of hydrogen-bond donors (Lipinski definition) is 1. The summed E-state index contributed by atoms with van der Waals surface area (Å²) in [5.41, 5.74) is 2.34. The molecule has 0 spiro atoms. The molecule has 0 bridgehead atoms. The monoisotopic (exact) mass is 284 g/mol. The second-order valence-electron chi connectivity index (χ2n) is 4.53. The second-order valence-corrected chi connectivity index (χ2v) is 5.32. The van der Waals surface area contributed by atoms with Gasteiger partial charge in [-0.2, -0.15) is 0 Å². The molecule has 0 amide bonds. The van der Waals surface area contributed by atoms with Crippen molar-refractivity contribution in [2.45, 2.75) is 45.3 Å². The molecule has 0 unspecified atom stereocenters. The molecule has 0 aliphatic heterocycles. The summed E-state index contributed by atoms with van der Waals surface area (Å²) in [4.78, 5) is 0. The largest absolute Gasteiger partial charge is 0.488 e. The average Bonchev–Trinajstić information content (AvgIpc) is 2.61. The number of hydrogen-bond acceptors (Lipinski definition) is 2. The van der Waals surface area contributed by atoms with Crippen molar-refractivity contribution in [3.05, 3.63) is 27.7 Å². The summed E-state index contributed by atoms with van der Waals surface area (Å²) in [5, 5.41) is 9.71. The predicted octanol–water partition coefficient (Wildman–Crippen LogP) is 3.36. The third-order valence-electron chi connectivity index (χ3n) is 3.12. The van der Waals surface area contributed by atoms with Crippen LogP contribution < -0.4 is 4.74 Å². The zero-order chi connectivity index (χ0) is 11.7. The van der Waals surface area contributed by atoms with Crippen LogP contribution >= 0.6 is 15.9 Å². The molecule has 1 aromatic carbocycles. The van der Waals surface area contributed by atoms with Gasteiger partial charge in [0.15, 0.2) is 0 Å². The number of benzene rings is 1. The Morgan fingerprint density at radius 1 is 1.25 bits per heavy atom. The Kier molecular flexibility index (Phi) is 3.55. The van der Waals surface area contributed by atoms with Crippen LogP contribution in [0.3, 0.4) is 0 Å². The summed E-state index contributed by atoms with van der Waals surface area (Å²) in [6.07, 6.45) is 2.54. The lowest BCUT2D eigenvalue weighted by Crippen LogP contribution is -2.25. The maximum atomic E-state index is 9.71. The first-order valence-corrected chi connectivity index (χ1v) is 6.48. The zero-order valence-corrected chi connectivity index (χ0v) is 11.3. The van der Waals surface area contributed by atoms with Gasteiger partial charge in [-0.15, -0.1) is 0 Å². The molecule has 0 saturated heterocycles. The molecule has 1 saturated carbocycles. The van der Waals surface area contributed by atoms with Crippen molar-refractivity contribution in [2.75, 3.05) is 0 Å². The molecule has 2 rings (SSSR count). The lowest BCUT2D eigenvalue weighted by atomic mass is 10.1. The standard InChI is InChI=1S/C13H17BrO2/c1-8-6-10(7-9(2)13(8)14)16-12-5-3-4-11(12)15/h6-7,11-12,15H,3-5H2,1-2H3/t11-,12-/m1/s1. The minimum absolute atomic E-state index is 0.0278. The number of aryl methyl sites for hydroxylation is 2. The average molecular weight is 285 g/mol. The number of halogens is 1. The van der Waals surface area contributed by atoms with Crippen LogP contribution in [0.2, 0.25) is 0 Å². The van der Waals surface area contributed by atoms with E-state index in [4.69, 9.17) is 4.74 Å². The van der Waals surface area contributed by atoms with E-state index in [0.29, 0.717) is 0 Å². The first-order chi connectivity index (χ1) is 7.58. The molecule has 1 N–H and O–H groups in total. The SMILES string of the molecule is Cc1cc(O[C@@H]2CCC[C@H]2O)cc(C)c1Br. The van der Waals surface area contributed by atoms with E-state index in [1.807, 2.05) is 12.1 Å². The Morgan fingerprint density at radius 3 is 2.38 bits per heavy atom. The molecule has 3 heteroatoms. The molecule has 88 valence electrons. The van der Waals surface area contributed by atoms with Crippen LogP contribution in [-0.4, -0.2) is 17.3 Å². The first kappa shape index (κ1) is 11.9. The van der Waals surface area contributed by atoms with E-state index < -0.39 is 0 Å². The Hall–Kier alpha value is -0.540. The van der Waals surface area contributed by atoms with E-state index in [9.17, 15) is 5.11 Å². The van der Waals surface area contributed by atoms with Crippen molar-refractivity contribution in [1.29, 1.82) is 0 Å². The summed E-state index contributed by atoms with van der Waals surface area (Å²) >= 11 is 3.53. The highest BCUT2D eigenvalue weighted by Crippen LogP contribution is 2.29. The van der Waals surface area contributed by atoms with Gasteiger partial charge >= 0.3 is 0 Å². The topological polar surface area (TPSA) is 29.5 Å². The second kappa shape index (κ2) is 4.76. The predicted molar refractivity (Wildman–Crippen MR) is 67.9 cm³/mol. The summed E-state index contributed by atoms with van der Waals surface area (Å²) in [6, 6.07) is 4.03. The summed E-state index contributed by atoms with van der Waals surface area (Å²) in [5.74, 6) is 0.865. The molecular formula is C13H17BrO2. The molecule has 0 heterocycles. The molecule has 2 nitrogen and oxygen atoms in total. The molecule has 1 fully saturated rings. The fourth-order valence-electron chi connectivity index (χ4n) is 2.19. The van der Waals surface area contributed by atoms with Gasteiger partial charge in [-0.3, -0.25) is 0 Å². The third kappa shape index (κ3) is 2.41. The number of aliphatic hydroxyl groups excluding tert-OH is 1. The lowest BCUT2D eigenvalue weighted by molar-refractivity contribution is 0.0603. The molecule has 1 aliphatic carbocycles. The van der Waals surface area contributed by atoms with Gasteiger partial charge in [-0.25, -0.2) is 0 Å². The smallest absolute Gasteiger partial charge is 0.124 e. The highest BCUT2D eigenvalue weighted by Gasteiger charge is 2.27. The van der Waals surface area contributed by atoms with Crippen LogP contribution in [0.1, 0.15) is 30.4 Å². The molecule has 0 radical (unpaired) electrons. The molecule has 1 aromatic rings. The Labute approximate surface area is 105 Å². The maximum absolute atomic E-state index is 9.71. The normalized spacial score (nSPS) is 24.8. The molecule has 2 atom stereocenters. The fraction of sp³-hybridized carbons (Fsp3) is 0.538. The van der Waals surface area contributed by atoms with Crippen molar-refractivity contribution in [3.63, 3.8) is 0 Å². The van der Waals surface area contributed by atoms with Gasteiger partial charge in [0.1, 0.15) is 11.9 Å². The minimum Gasteiger partial charge on any atom is -0.488 e. The van der Waals surface area contributed by atoms with Gasteiger partial charge in [-0.05, 0) is 56.4 Å². The first-order valence-electron chi connectivity index (χ1n) is 5.69. The van der Waals surface area contributed by atoms with Crippen LogP contribution in [0.5, 0.6) is 5.75 Å². The zero-order valence-electron chi connectivity index (χ0n) is 9.66. The van der Waals surface area contributed by atoms with E-state index in [2.05, 4.69) is 29.8 Å². The van der Waals surface area contributed by atoms with E-state index in [-0.39, 0.29) is 12.2 Å². The van der Waals surface area contributed by atoms with E-state index in [1.165, 1.54) is 11.1 Å². The van der Waals surface area contributed by atoms with Crippen molar-refractivity contribution >= 4 is 15.9 Å². The summed E-state index contributed by atoms with van der Waals surface area (Å²) in [7, 11) is 0. The Bertz CT molecular complexity index is 367. The van der Waals surface area contributed by atoms with Crippen molar-refractivity contribution in [2.24, 2.45) is 0 Å². The number of rotatable bonds is 2. The van der Waals surface area contributed by atoms with Gasteiger partial charge in [0, 0.05) is 4.47 Å². The molecular weight excluding hydrogens is 268 g/mol. The molecule has 1 aliphatic rings. The van der Waals surface area contributed by atoms with Crippen LogP contribution in [0.4, 0.5) is 0 Å². The summed E-state index contributed by atoms with van der Waals surface area (Å²) in [6.45, 7) is 4.10. The minimum atomic E-state index is -0.302. The van der Waals surface area contributed by atoms with Crippen LogP contribution in [-0.2, 0) is 0 Å². The van der Waals surface area contributed by atoms with Gasteiger partial charge in [0.25, 0.3) is 0 Å². The van der Waals surface area contributed by atoms with Crippen LogP contribution in [0.25, 0.3) is 0 Å². The van der Waals surface area contributed by atoms with Crippen molar-refractivity contribution in [1.82, 2.24) is 0 Å². The molecule has 0 aromatic heterocycles. The summed E-state index contributed by atoms with van der Waals surface area (Å²) < 4.78 is 6.96. The van der Waals surface area contributed by atoms with Crippen molar-refractivity contribution < 1.29 is 9.84 Å². The number of aliphatic hydroxyl groups is 1. The lowest BCUT2D eigenvalue weighted by Gasteiger charge is -2.18. The molecule has 16 heavy (non-hydrogen) atoms. The van der Waals surface area contributed by atoms with Gasteiger partial charge in [0.2, 0.25) is 0 Å². The maximum Gasteiger partial charge on any atom is 0.124 e. The van der Waals surface area contributed by atoms with E-state index in [1.54, 1.807) is 0 Å². The highest BCUT2D eigenvalue weighted by atomic mass is 79.9. The Balaban J connectivity index is 2.15. The van der Waals surface area contributed by atoms with Crippen molar-refractivity contribution in [3.8, 4) is 5.75 Å². The van der Waals surface area contributed by atoms with Gasteiger partial charge < -0.3 is 9.84 Å². The van der Waals surface area contributed by atoms with Gasteiger partial charge in [0.05, 0.1) is 6.10 Å². The van der Waals surface area contributed by atoms with E-state index >= 15 is 0 Å². The van der Waals surface area contributed by atoms with E-state index in [0.717, 1.165) is 29.5 Å².